The van der Waals surface area contributed by atoms with Crippen LogP contribution in [-0.2, 0) is 9.84 Å². The van der Waals surface area contributed by atoms with Crippen LogP contribution in [-0.4, -0.2) is 57.9 Å². The zero-order valence-electron chi connectivity index (χ0n) is 14.5. The van der Waals surface area contributed by atoms with Gasteiger partial charge in [-0.05, 0) is 47.7 Å². The number of amides is 2. The summed E-state index contributed by atoms with van der Waals surface area (Å²) in [5, 5.41) is 10.9. The van der Waals surface area contributed by atoms with Gasteiger partial charge in [-0.25, -0.2) is 13.2 Å². The van der Waals surface area contributed by atoms with E-state index in [-0.39, 0.29) is 22.9 Å². The molecule has 0 saturated carbocycles. The van der Waals surface area contributed by atoms with E-state index in [1.165, 1.54) is 4.68 Å². The van der Waals surface area contributed by atoms with E-state index in [1.807, 2.05) is 13.0 Å². The number of rotatable bonds is 6. The molecule has 0 spiro atoms. The lowest BCUT2D eigenvalue weighted by atomic mass is 10.0. The van der Waals surface area contributed by atoms with Crippen molar-refractivity contribution in [2.75, 3.05) is 12.3 Å². The van der Waals surface area contributed by atoms with Gasteiger partial charge in [-0.1, -0.05) is 30.2 Å². The van der Waals surface area contributed by atoms with Crippen LogP contribution in [0, 0.1) is 5.92 Å². The third-order valence-corrected chi connectivity index (χ3v) is 6.38. The fourth-order valence-electron chi connectivity index (χ4n) is 3.46. The van der Waals surface area contributed by atoms with Gasteiger partial charge in [0.15, 0.2) is 0 Å². The first kappa shape index (κ1) is 18.3. The maximum Gasteiger partial charge on any atom is 0.315 e. The minimum Gasteiger partial charge on any atom is -0.351 e. The van der Waals surface area contributed by atoms with Crippen LogP contribution < -0.4 is 5.73 Å². The third-order valence-electron chi connectivity index (χ3n) is 4.56. The normalized spacial score (nSPS) is 18.8. The van der Waals surface area contributed by atoms with Crippen LogP contribution >= 0.6 is 0 Å². The molecule has 140 valence electrons. The molecule has 1 aromatic heterocycles. The number of aromatic nitrogens is 4. The number of urea groups is 1. The summed E-state index contributed by atoms with van der Waals surface area (Å²) in [6.07, 6.45) is 2.31. The Kier molecular flexibility index (Phi) is 5.21. The summed E-state index contributed by atoms with van der Waals surface area (Å²) in [5.41, 5.74) is 5.97. The first-order chi connectivity index (χ1) is 12.4. The third kappa shape index (κ3) is 3.85. The van der Waals surface area contributed by atoms with Gasteiger partial charge in [-0.2, -0.15) is 4.68 Å². The van der Waals surface area contributed by atoms with Crippen molar-refractivity contribution in [2.45, 2.75) is 37.4 Å². The predicted octanol–water partition coefficient (Wildman–Crippen LogP) is 1.01. The lowest BCUT2D eigenvalue weighted by Gasteiger charge is -2.25. The summed E-state index contributed by atoms with van der Waals surface area (Å²) >= 11 is 0. The number of primary amides is 1. The van der Waals surface area contributed by atoms with E-state index in [0.717, 1.165) is 12.8 Å². The summed E-state index contributed by atoms with van der Waals surface area (Å²) in [5.74, 6) is -0.255. The molecule has 0 bridgehead atoms. The minimum atomic E-state index is -3.68. The van der Waals surface area contributed by atoms with E-state index in [2.05, 4.69) is 15.5 Å². The molecule has 2 atom stereocenters. The largest absolute Gasteiger partial charge is 0.351 e. The van der Waals surface area contributed by atoms with E-state index < -0.39 is 15.9 Å². The van der Waals surface area contributed by atoms with Crippen molar-refractivity contribution in [2.24, 2.45) is 11.7 Å². The molecule has 0 radical (unpaired) electrons. The minimum absolute atomic E-state index is 0.0113. The number of nitrogens with two attached hydrogens (primary N) is 1. The fraction of sp³-hybridized carbons (Fsp3) is 0.500. The summed E-state index contributed by atoms with van der Waals surface area (Å²) in [4.78, 5) is 13.1. The molecular weight excluding hydrogens is 356 g/mol. The molecule has 9 nitrogen and oxygen atoms in total. The maximum atomic E-state index is 12.8. The molecule has 10 heteroatoms. The second-order valence-corrected chi connectivity index (χ2v) is 8.59. The number of carbonyl (C=O) groups excluding carboxylic acids is 1. The smallest absolute Gasteiger partial charge is 0.315 e. The van der Waals surface area contributed by atoms with E-state index in [4.69, 9.17) is 5.73 Å². The SMILES string of the molecule is CC(CC1CCCN1C(N)=O)CS(=O)(=O)c1nnnn1-c1ccccc1. The number of para-hydroxylation sites is 1. The summed E-state index contributed by atoms with van der Waals surface area (Å²) in [7, 11) is -3.68. The van der Waals surface area contributed by atoms with Crippen LogP contribution in [0.5, 0.6) is 0 Å². The molecule has 2 N–H and O–H groups in total. The number of hydrogen-bond acceptors (Lipinski definition) is 6. The standard InChI is InChI=1S/C16H22N6O3S/c1-12(10-14-8-5-9-21(14)15(17)23)11-26(24,25)16-18-19-20-22(16)13-6-3-2-4-7-13/h2-4,6-7,12,14H,5,8-11H2,1H3,(H2,17,23). The Bertz CT molecular complexity index is 867. The van der Waals surface area contributed by atoms with Gasteiger partial charge in [0.2, 0.25) is 9.84 Å². The highest BCUT2D eigenvalue weighted by Crippen LogP contribution is 2.25. The topological polar surface area (TPSA) is 124 Å². The average Bonchev–Trinajstić information content (AvgIpc) is 3.24. The number of nitrogens with zero attached hydrogens (tertiary/aromatic N) is 5. The second kappa shape index (κ2) is 7.40. The predicted molar refractivity (Wildman–Crippen MR) is 94.3 cm³/mol. The highest BCUT2D eigenvalue weighted by atomic mass is 32.2. The molecule has 0 aliphatic carbocycles. The molecule has 1 saturated heterocycles. The van der Waals surface area contributed by atoms with Gasteiger partial charge in [0.05, 0.1) is 11.4 Å². The van der Waals surface area contributed by atoms with Crippen molar-refractivity contribution in [3.63, 3.8) is 0 Å². The van der Waals surface area contributed by atoms with Gasteiger partial charge in [0, 0.05) is 12.6 Å². The molecule has 2 aromatic rings. The van der Waals surface area contributed by atoms with Gasteiger partial charge in [-0.3, -0.25) is 0 Å². The van der Waals surface area contributed by atoms with Gasteiger partial charge >= 0.3 is 6.03 Å². The number of sulfone groups is 1. The quantitative estimate of drug-likeness (QED) is 0.800. The number of likely N-dealkylation sites (tertiary alicyclic amines) is 1. The number of tetrazole rings is 1. The van der Waals surface area contributed by atoms with Gasteiger partial charge in [0.25, 0.3) is 5.16 Å². The lowest BCUT2D eigenvalue weighted by Crippen LogP contribution is -2.40. The van der Waals surface area contributed by atoms with Gasteiger partial charge in [0.1, 0.15) is 0 Å². The first-order valence-electron chi connectivity index (χ1n) is 8.51. The zero-order chi connectivity index (χ0) is 18.7. The van der Waals surface area contributed by atoms with Crippen LogP contribution in [0.3, 0.4) is 0 Å². The van der Waals surface area contributed by atoms with Gasteiger partial charge < -0.3 is 10.6 Å². The molecule has 1 aliphatic heterocycles. The molecular formula is C16H22N6O3S. The van der Waals surface area contributed by atoms with E-state index >= 15 is 0 Å². The molecule has 26 heavy (non-hydrogen) atoms. The summed E-state index contributed by atoms with van der Waals surface area (Å²) in [6, 6.07) is 8.42. The highest BCUT2D eigenvalue weighted by molar-refractivity contribution is 7.91. The van der Waals surface area contributed by atoms with Crippen LogP contribution in [0.15, 0.2) is 35.5 Å². The monoisotopic (exact) mass is 378 g/mol. The van der Waals surface area contributed by atoms with Crippen molar-refractivity contribution in [1.29, 1.82) is 0 Å². The van der Waals surface area contributed by atoms with Crippen LogP contribution in [0.2, 0.25) is 0 Å². The Morgan fingerprint density at radius 2 is 2.08 bits per heavy atom. The second-order valence-electron chi connectivity index (χ2n) is 6.66. The highest BCUT2D eigenvalue weighted by Gasteiger charge is 2.31. The van der Waals surface area contributed by atoms with Crippen molar-refractivity contribution in [3.8, 4) is 5.69 Å². The molecule has 3 rings (SSSR count). The van der Waals surface area contributed by atoms with Crippen molar-refractivity contribution in [1.82, 2.24) is 25.1 Å². The zero-order valence-corrected chi connectivity index (χ0v) is 15.3. The number of hydrogen-bond donors (Lipinski definition) is 1. The fourth-order valence-corrected chi connectivity index (χ4v) is 5.06. The van der Waals surface area contributed by atoms with Crippen molar-refractivity contribution in [3.05, 3.63) is 30.3 Å². The Labute approximate surface area is 152 Å². The number of benzene rings is 1. The van der Waals surface area contributed by atoms with E-state index in [9.17, 15) is 13.2 Å². The molecule has 1 aliphatic rings. The van der Waals surface area contributed by atoms with E-state index in [1.54, 1.807) is 29.2 Å². The molecule has 2 unspecified atom stereocenters. The Hall–Kier alpha value is -2.49. The number of carbonyl (C=O) groups is 1. The summed E-state index contributed by atoms with van der Waals surface area (Å²) < 4.78 is 26.9. The summed E-state index contributed by atoms with van der Waals surface area (Å²) in [6.45, 7) is 2.48. The Balaban J connectivity index is 1.74. The van der Waals surface area contributed by atoms with Crippen LogP contribution in [0.1, 0.15) is 26.2 Å². The molecule has 1 fully saturated rings. The average molecular weight is 378 g/mol. The van der Waals surface area contributed by atoms with E-state index in [0.29, 0.717) is 18.7 Å². The Morgan fingerprint density at radius 3 is 2.77 bits per heavy atom. The maximum absolute atomic E-state index is 12.8. The lowest BCUT2D eigenvalue weighted by molar-refractivity contribution is 0.195. The first-order valence-corrected chi connectivity index (χ1v) is 10.2. The van der Waals surface area contributed by atoms with Gasteiger partial charge in [-0.15, -0.1) is 0 Å². The van der Waals surface area contributed by atoms with Crippen molar-refractivity contribution < 1.29 is 13.2 Å². The molecule has 1 aromatic carbocycles. The molecule has 2 amide bonds. The van der Waals surface area contributed by atoms with Crippen molar-refractivity contribution >= 4 is 15.9 Å². The van der Waals surface area contributed by atoms with Crippen LogP contribution in [0.4, 0.5) is 4.79 Å². The molecule has 2 heterocycles. The van der Waals surface area contributed by atoms with Crippen LogP contribution in [0.25, 0.3) is 5.69 Å². The Morgan fingerprint density at radius 1 is 1.35 bits per heavy atom.